The van der Waals surface area contributed by atoms with Gasteiger partial charge in [-0.25, -0.2) is 5.43 Å². The molecule has 0 bridgehead atoms. The van der Waals surface area contributed by atoms with E-state index >= 15 is 0 Å². The highest BCUT2D eigenvalue weighted by Crippen LogP contribution is 1.95. The van der Waals surface area contributed by atoms with Gasteiger partial charge in [-0.1, -0.05) is 0 Å². The molecule has 1 aromatic heterocycles. The number of rotatable bonds is 6. The Kier molecular flexibility index (Phi) is 4.69. The highest BCUT2D eigenvalue weighted by Gasteiger charge is 2.03. The van der Waals surface area contributed by atoms with Crippen molar-refractivity contribution in [2.24, 2.45) is 5.10 Å². The molecule has 0 atom stereocenters. The van der Waals surface area contributed by atoms with Crippen LogP contribution in [0.25, 0.3) is 0 Å². The number of hydrogen-bond acceptors (Lipinski definition) is 9. The molecular weight excluding hydrogens is 258 g/mol. The maximum absolute atomic E-state index is 11.2. The summed E-state index contributed by atoms with van der Waals surface area (Å²) in [5, 5.41) is 31.2. The Morgan fingerprint density at radius 2 is 2.00 bits per heavy atom. The van der Waals surface area contributed by atoms with Gasteiger partial charge in [0.15, 0.2) is 0 Å². The molecule has 0 saturated carbocycles. The number of carbonyl (C=O) groups is 2. The molecule has 0 unspecified atom stereocenters. The van der Waals surface area contributed by atoms with Gasteiger partial charge in [-0.15, -0.1) is 10.2 Å². The number of aromatic amines is 1. The summed E-state index contributed by atoms with van der Waals surface area (Å²) >= 11 is 0. The number of aliphatic carboxylic acids is 2. The summed E-state index contributed by atoms with van der Waals surface area (Å²) < 4.78 is 0. The largest absolute Gasteiger partial charge is 0.550 e. The molecule has 0 aliphatic heterocycles. The van der Waals surface area contributed by atoms with Gasteiger partial charge in [0, 0.05) is 5.97 Å². The van der Waals surface area contributed by atoms with Gasteiger partial charge in [0.05, 0.1) is 11.7 Å². The number of hydrazone groups is 1. The molecule has 1 heterocycles. The summed E-state index contributed by atoms with van der Waals surface area (Å²) in [5.74, 6) is -3.24. The normalized spacial score (nSPS) is 11.1. The molecule has 0 aliphatic carbocycles. The quantitative estimate of drug-likeness (QED) is 0.396. The van der Waals surface area contributed by atoms with Crippen LogP contribution in [0.15, 0.2) is 9.90 Å². The highest BCUT2D eigenvalue weighted by molar-refractivity contribution is 6.34. The lowest BCUT2D eigenvalue weighted by atomic mass is 10.2. The number of carboxylic acids is 2. The van der Waals surface area contributed by atoms with Crippen LogP contribution >= 0.6 is 0 Å². The second kappa shape index (κ2) is 6.23. The Bertz CT molecular complexity index is 579. The van der Waals surface area contributed by atoms with Crippen LogP contribution in [-0.4, -0.2) is 32.8 Å². The number of nitrogens with zero attached hydrogens (tertiary/aromatic N) is 3. The van der Waals surface area contributed by atoms with Gasteiger partial charge in [0.2, 0.25) is 5.95 Å². The van der Waals surface area contributed by atoms with E-state index in [4.69, 9.17) is 0 Å². The maximum Gasteiger partial charge on any atom is 0.274 e. The monoisotopic (exact) mass is 267 g/mol. The first-order valence-electron chi connectivity index (χ1n) is 5.07. The van der Waals surface area contributed by atoms with Crippen LogP contribution in [0.4, 0.5) is 5.95 Å². The van der Waals surface area contributed by atoms with Crippen molar-refractivity contribution in [2.75, 3.05) is 5.43 Å². The van der Waals surface area contributed by atoms with Gasteiger partial charge in [-0.3, -0.25) is 9.78 Å². The van der Waals surface area contributed by atoms with E-state index < -0.39 is 29.6 Å². The predicted molar refractivity (Wildman–Crippen MR) is 57.7 cm³/mol. The smallest absolute Gasteiger partial charge is 0.274 e. The zero-order valence-electron chi connectivity index (χ0n) is 9.80. The summed E-state index contributed by atoms with van der Waals surface area (Å²) in [6, 6.07) is 0. The average Bonchev–Trinajstić information content (AvgIpc) is 2.32. The first-order valence-corrected chi connectivity index (χ1v) is 5.07. The number of aromatic nitrogens is 3. The number of aryl methyl sites for hydroxylation is 1. The van der Waals surface area contributed by atoms with Crippen molar-refractivity contribution in [3.8, 4) is 0 Å². The van der Waals surface area contributed by atoms with Crippen LogP contribution in [-0.2, 0) is 9.59 Å². The summed E-state index contributed by atoms with van der Waals surface area (Å²) in [6.07, 6.45) is -0.911. The van der Waals surface area contributed by atoms with E-state index in [1.54, 1.807) is 0 Å². The molecule has 2 N–H and O–H groups in total. The third-order valence-corrected chi connectivity index (χ3v) is 1.96. The number of carbonyl (C=O) groups excluding carboxylic acids is 2. The summed E-state index contributed by atoms with van der Waals surface area (Å²) in [7, 11) is 0. The van der Waals surface area contributed by atoms with E-state index in [0.717, 1.165) is 0 Å². The van der Waals surface area contributed by atoms with Crippen molar-refractivity contribution < 1.29 is 19.8 Å². The van der Waals surface area contributed by atoms with Gasteiger partial charge < -0.3 is 19.8 Å². The molecule has 1 rings (SSSR count). The van der Waals surface area contributed by atoms with Gasteiger partial charge in [0.1, 0.15) is 5.69 Å². The fourth-order valence-corrected chi connectivity index (χ4v) is 0.988. The lowest BCUT2D eigenvalue weighted by molar-refractivity contribution is -0.305. The van der Waals surface area contributed by atoms with Gasteiger partial charge in [-0.05, 0) is 19.8 Å². The zero-order valence-corrected chi connectivity index (χ0v) is 9.80. The third-order valence-electron chi connectivity index (χ3n) is 1.96. The maximum atomic E-state index is 11.2. The Hall–Kier alpha value is -2.78. The molecule has 0 saturated heterocycles. The molecule has 0 spiro atoms. The molecule has 0 aliphatic rings. The highest BCUT2D eigenvalue weighted by atomic mass is 16.4. The van der Waals surface area contributed by atoms with Gasteiger partial charge >= 0.3 is 0 Å². The first-order chi connectivity index (χ1) is 8.90. The molecular formula is C9H9N5O5-2. The number of carboxylic acid groups (broad SMARTS) is 2. The fraction of sp³-hybridized carbons (Fsp3) is 0.333. The number of nitrogens with one attached hydrogen (secondary N) is 2. The molecule has 0 amide bonds. The van der Waals surface area contributed by atoms with Crippen LogP contribution in [0.3, 0.4) is 0 Å². The number of H-pyrrole nitrogens is 1. The molecule has 10 heteroatoms. The molecule has 1 aromatic rings. The number of hydrogen-bond donors (Lipinski definition) is 2. The summed E-state index contributed by atoms with van der Waals surface area (Å²) in [5.41, 5.74) is 1.21. The first kappa shape index (κ1) is 14.3. The fourth-order valence-electron chi connectivity index (χ4n) is 0.988. The van der Waals surface area contributed by atoms with Crippen LogP contribution < -0.4 is 21.2 Å². The van der Waals surface area contributed by atoms with E-state index in [2.05, 4.69) is 25.7 Å². The molecule has 0 aromatic carbocycles. The minimum atomic E-state index is -1.64. The molecule has 0 radical (unpaired) electrons. The lowest BCUT2D eigenvalue weighted by Gasteiger charge is -2.08. The van der Waals surface area contributed by atoms with Crippen molar-refractivity contribution in [3.05, 3.63) is 16.0 Å². The van der Waals surface area contributed by atoms with Crippen LogP contribution in [0.1, 0.15) is 18.5 Å². The topological polar surface area (TPSA) is 163 Å². The van der Waals surface area contributed by atoms with E-state index in [9.17, 15) is 24.6 Å². The Morgan fingerprint density at radius 1 is 1.32 bits per heavy atom. The van der Waals surface area contributed by atoms with Crippen molar-refractivity contribution >= 4 is 23.6 Å². The predicted octanol–water partition coefficient (Wildman–Crippen LogP) is -3.48. The third kappa shape index (κ3) is 4.53. The van der Waals surface area contributed by atoms with Gasteiger partial charge in [0.25, 0.3) is 5.56 Å². The second-order valence-electron chi connectivity index (χ2n) is 3.42. The summed E-state index contributed by atoms with van der Waals surface area (Å²) in [6.45, 7) is 1.44. The van der Waals surface area contributed by atoms with E-state index in [-0.39, 0.29) is 18.1 Å². The summed E-state index contributed by atoms with van der Waals surface area (Å²) in [4.78, 5) is 34.3. The second-order valence-corrected chi connectivity index (χ2v) is 3.42. The van der Waals surface area contributed by atoms with Crippen LogP contribution in [0.5, 0.6) is 0 Å². The SMILES string of the molecule is Cc1nnc(N/N=C(/CCC(=O)[O-])C(=O)[O-])[nH]c1=O. The van der Waals surface area contributed by atoms with Crippen molar-refractivity contribution in [1.82, 2.24) is 15.2 Å². The van der Waals surface area contributed by atoms with Crippen LogP contribution in [0.2, 0.25) is 0 Å². The van der Waals surface area contributed by atoms with E-state index in [0.29, 0.717) is 0 Å². The van der Waals surface area contributed by atoms with E-state index in [1.165, 1.54) is 6.92 Å². The molecule has 10 nitrogen and oxygen atoms in total. The lowest BCUT2D eigenvalue weighted by Crippen LogP contribution is -2.34. The van der Waals surface area contributed by atoms with Crippen molar-refractivity contribution in [2.45, 2.75) is 19.8 Å². The van der Waals surface area contributed by atoms with Gasteiger partial charge in [-0.2, -0.15) is 5.10 Å². The Balaban J connectivity index is 2.80. The van der Waals surface area contributed by atoms with Crippen molar-refractivity contribution in [1.29, 1.82) is 0 Å². The molecule has 0 fully saturated rings. The Morgan fingerprint density at radius 3 is 2.53 bits per heavy atom. The average molecular weight is 267 g/mol. The molecule has 19 heavy (non-hydrogen) atoms. The molecule has 102 valence electrons. The minimum Gasteiger partial charge on any atom is -0.550 e. The minimum absolute atomic E-state index is 0.131. The van der Waals surface area contributed by atoms with Crippen molar-refractivity contribution in [3.63, 3.8) is 0 Å². The number of anilines is 1. The standard InChI is InChI=1S/C9H11N5O5/c1-4-7(17)10-9(13-11-4)14-12-5(8(18)19)2-3-6(15)16/h2-3H2,1H3,(H,15,16)(H,18,19)(H2,10,13,14,17)/p-2/b12-5-. The zero-order chi connectivity index (χ0) is 14.4. The van der Waals surface area contributed by atoms with E-state index in [1.807, 2.05) is 0 Å². The Labute approximate surface area is 106 Å². The van der Waals surface area contributed by atoms with Crippen LogP contribution in [0, 0.1) is 6.92 Å².